The number of carbonyl (C=O) groups is 1. The van der Waals surface area contributed by atoms with Gasteiger partial charge >= 0.3 is 5.97 Å². The molecule has 0 amide bonds. The van der Waals surface area contributed by atoms with Crippen molar-refractivity contribution in [3.63, 3.8) is 0 Å². The number of aromatic carboxylic acids is 1. The molecule has 0 radical (unpaired) electrons. The standard InChI is InChI=1S/C16H22ClNO4/c1-2-16(21)5-7-18(8-6-16)9-10-22-14-4-3-12(15(19)20)11-13(14)17/h3-4,11,21H,2,5-10H2,1H3,(H,19,20). The Morgan fingerprint density at radius 2 is 2.09 bits per heavy atom. The number of halogens is 1. The van der Waals surface area contributed by atoms with Gasteiger partial charge in [-0.15, -0.1) is 0 Å². The number of likely N-dealkylation sites (tertiary alicyclic amines) is 1. The molecular formula is C16H22ClNO4. The number of carboxylic acid groups (broad SMARTS) is 1. The number of nitrogens with zero attached hydrogens (tertiary/aromatic N) is 1. The van der Waals surface area contributed by atoms with Crippen LogP contribution in [0.15, 0.2) is 18.2 Å². The second-order valence-corrected chi connectivity index (χ2v) is 6.13. The molecule has 5 nitrogen and oxygen atoms in total. The Morgan fingerprint density at radius 3 is 2.64 bits per heavy atom. The second kappa shape index (κ2) is 7.31. The van der Waals surface area contributed by atoms with Crippen LogP contribution in [0.4, 0.5) is 0 Å². The van der Waals surface area contributed by atoms with Crippen molar-refractivity contribution in [3.05, 3.63) is 28.8 Å². The summed E-state index contributed by atoms with van der Waals surface area (Å²) in [6.45, 7) is 4.98. The fourth-order valence-corrected chi connectivity index (χ4v) is 2.82. The number of aliphatic hydroxyl groups is 1. The van der Waals surface area contributed by atoms with E-state index in [2.05, 4.69) is 4.90 Å². The molecule has 0 aliphatic carbocycles. The summed E-state index contributed by atoms with van der Waals surface area (Å²) in [4.78, 5) is 13.1. The molecule has 1 saturated heterocycles. The molecule has 1 aromatic rings. The van der Waals surface area contributed by atoms with E-state index in [0.717, 1.165) is 38.9 Å². The molecule has 2 N–H and O–H groups in total. The van der Waals surface area contributed by atoms with Crippen molar-refractivity contribution in [1.29, 1.82) is 0 Å². The normalized spacial score (nSPS) is 18.1. The highest BCUT2D eigenvalue weighted by Crippen LogP contribution is 2.27. The summed E-state index contributed by atoms with van der Waals surface area (Å²) in [5.41, 5.74) is -0.361. The Bertz CT molecular complexity index is 527. The van der Waals surface area contributed by atoms with Crippen molar-refractivity contribution in [2.45, 2.75) is 31.8 Å². The zero-order valence-electron chi connectivity index (χ0n) is 12.7. The molecule has 0 bridgehead atoms. The van der Waals surface area contributed by atoms with E-state index in [-0.39, 0.29) is 5.56 Å². The number of ether oxygens (including phenoxy) is 1. The van der Waals surface area contributed by atoms with Gasteiger partial charge in [-0.3, -0.25) is 4.90 Å². The first kappa shape index (κ1) is 17.1. The number of benzene rings is 1. The SMILES string of the molecule is CCC1(O)CCN(CCOc2ccc(C(=O)O)cc2Cl)CC1. The zero-order chi connectivity index (χ0) is 16.2. The van der Waals surface area contributed by atoms with Crippen LogP contribution in [-0.2, 0) is 0 Å². The summed E-state index contributed by atoms with van der Waals surface area (Å²) < 4.78 is 5.62. The van der Waals surface area contributed by atoms with E-state index < -0.39 is 11.6 Å². The average Bonchev–Trinajstić information content (AvgIpc) is 2.51. The van der Waals surface area contributed by atoms with Gasteiger partial charge in [-0.1, -0.05) is 18.5 Å². The lowest BCUT2D eigenvalue weighted by Gasteiger charge is -2.37. The molecular weight excluding hydrogens is 306 g/mol. The second-order valence-electron chi connectivity index (χ2n) is 5.72. The maximum Gasteiger partial charge on any atom is 0.335 e. The highest BCUT2D eigenvalue weighted by molar-refractivity contribution is 6.32. The molecule has 0 spiro atoms. The van der Waals surface area contributed by atoms with Crippen molar-refractivity contribution >= 4 is 17.6 Å². The van der Waals surface area contributed by atoms with E-state index in [9.17, 15) is 9.90 Å². The third-order valence-corrected chi connectivity index (χ3v) is 4.58. The third-order valence-electron chi connectivity index (χ3n) is 4.29. The molecule has 1 aliphatic heterocycles. The first-order chi connectivity index (χ1) is 10.4. The lowest BCUT2D eigenvalue weighted by molar-refractivity contribution is -0.0257. The highest BCUT2D eigenvalue weighted by Gasteiger charge is 2.30. The Balaban J connectivity index is 1.79. The monoisotopic (exact) mass is 327 g/mol. The number of piperidine rings is 1. The number of hydrogen-bond donors (Lipinski definition) is 2. The van der Waals surface area contributed by atoms with Gasteiger partial charge in [0.1, 0.15) is 12.4 Å². The molecule has 6 heteroatoms. The van der Waals surface area contributed by atoms with Gasteiger partial charge in [-0.05, 0) is 37.5 Å². The van der Waals surface area contributed by atoms with Gasteiger partial charge in [-0.2, -0.15) is 0 Å². The fraction of sp³-hybridized carbons (Fsp3) is 0.562. The molecule has 0 unspecified atom stereocenters. The zero-order valence-corrected chi connectivity index (χ0v) is 13.5. The third kappa shape index (κ3) is 4.35. The van der Waals surface area contributed by atoms with Gasteiger partial charge in [-0.25, -0.2) is 4.79 Å². The smallest absolute Gasteiger partial charge is 0.335 e. The van der Waals surface area contributed by atoms with Crippen LogP contribution in [0.25, 0.3) is 0 Å². The van der Waals surface area contributed by atoms with Gasteiger partial charge in [0, 0.05) is 19.6 Å². The molecule has 1 heterocycles. The number of hydrogen-bond acceptors (Lipinski definition) is 4. The Hall–Kier alpha value is -1.30. The molecule has 22 heavy (non-hydrogen) atoms. The number of carboxylic acids is 1. The van der Waals surface area contributed by atoms with E-state index in [1.807, 2.05) is 6.92 Å². The van der Waals surface area contributed by atoms with Gasteiger partial charge < -0.3 is 14.9 Å². The Morgan fingerprint density at radius 1 is 1.41 bits per heavy atom. The van der Waals surface area contributed by atoms with E-state index in [1.165, 1.54) is 12.1 Å². The summed E-state index contributed by atoms with van der Waals surface area (Å²) in [7, 11) is 0. The lowest BCUT2D eigenvalue weighted by Crippen LogP contribution is -2.45. The van der Waals surface area contributed by atoms with E-state index >= 15 is 0 Å². The van der Waals surface area contributed by atoms with Crippen molar-refractivity contribution in [1.82, 2.24) is 4.90 Å². The van der Waals surface area contributed by atoms with Gasteiger partial charge in [0.05, 0.1) is 16.2 Å². The minimum absolute atomic E-state index is 0.146. The van der Waals surface area contributed by atoms with Crippen molar-refractivity contribution in [2.75, 3.05) is 26.2 Å². The van der Waals surface area contributed by atoms with Crippen LogP contribution in [0.2, 0.25) is 5.02 Å². The van der Waals surface area contributed by atoms with Gasteiger partial charge in [0.2, 0.25) is 0 Å². The molecule has 122 valence electrons. The first-order valence-electron chi connectivity index (χ1n) is 7.54. The predicted molar refractivity (Wildman–Crippen MR) is 84.8 cm³/mol. The summed E-state index contributed by atoms with van der Waals surface area (Å²) in [6.07, 6.45) is 2.37. The fourth-order valence-electron chi connectivity index (χ4n) is 2.58. The van der Waals surface area contributed by atoms with Crippen LogP contribution >= 0.6 is 11.6 Å². The van der Waals surface area contributed by atoms with Crippen LogP contribution in [0, 0.1) is 0 Å². The largest absolute Gasteiger partial charge is 0.491 e. The van der Waals surface area contributed by atoms with Crippen LogP contribution < -0.4 is 4.74 Å². The Kier molecular flexibility index (Phi) is 5.67. The van der Waals surface area contributed by atoms with E-state index in [1.54, 1.807) is 6.07 Å². The molecule has 0 aromatic heterocycles. The molecule has 0 saturated carbocycles. The molecule has 1 fully saturated rings. The predicted octanol–water partition coefficient (Wildman–Crippen LogP) is 2.65. The van der Waals surface area contributed by atoms with Crippen LogP contribution in [0.3, 0.4) is 0 Å². The first-order valence-corrected chi connectivity index (χ1v) is 7.92. The molecule has 0 atom stereocenters. The topological polar surface area (TPSA) is 70.0 Å². The average molecular weight is 328 g/mol. The summed E-state index contributed by atoms with van der Waals surface area (Å²) in [5.74, 6) is -0.515. The summed E-state index contributed by atoms with van der Waals surface area (Å²) >= 11 is 6.02. The molecule has 1 aliphatic rings. The molecule has 2 rings (SSSR count). The molecule has 1 aromatic carbocycles. The van der Waals surface area contributed by atoms with Crippen LogP contribution in [0.5, 0.6) is 5.75 Å². The minimum Gasteiger partial charge on any atom is -0.491 e. The van der Waals surface area contributed by atoms with Crippen LogP contribution in [-0.4, -0.2) is 52.9 Å². The highest BCUT2D eigenvalue weighted by atomic mass is 35.5. The minimum atomic E-state index is -1.01. The van der Waals surface area contributed by atoms with E-state index in [0.29, 0.717) is 17.4 Å². The Labute approximate surface area is 135 Å². The van der Waals surface area contributed by atoms with Gasteiger partial charge in [0.25, 0.3) is 0 Å². The van der Waals surface area contributed by atoms with Crippen molar-refractivity contribution < 1.29 is 19.7 Å². The van der Waals surface area contributed by atoms with Crippen molar-refractivity contribution in [3.8, 4) is 5.75 Å². The maximum atomic E-state index is 10.8. The van der Waals surface area contributed by atoms with E-state index in [4.69, 9.17) is 21.4 Å². The van der Waals surface area contributed by atoms with Crippen molar-refractivity contribution in [2.24, 2.45) is 0 Å². The summed E-state index contributed by atoms with van der Waals surface area (Å²) in [5, 5.41) is 19.4. The summed E-state index contributed by atoms with van der Waals surface area (Å²) in [6, 6.07) is 4.45. The van der Waals surface area contributed by atoms with Gasteiger partial charge in [0.15, 0.2) is 0 Å². The lowest BCUT2D eigenvalue weighted by atomic mass is 9.89. The quantitative estimate of drug-likeness (QED) is 0.840. The van der Waals surface area contributed by atoms with Crippen LogP contribution in [0.1, 0.15) is 36.5 Å². The maximum absolute atomic E-state index is 10.8. The number of rotatable bonds is 6.